The van der Waals surface area contributed by atoms with Crippen molar-refractivity contribution >= 4 is 62.3 Å². The summed E-state index contributed by atoms with van der Waals surface area (Å²) in [7, 11) is 0. The van der Waals surface area contributed by atoms with E-state index in [1.165, 1.54) is 54.0 Å². The van der Waals surface area contributed by atoms with Gasteiger partial charge in [-0.1, -0.05) is 30.3 Å². The van der Waals surface area contributed by atoms with Crippen LogP contribution >= 0.6 is 0 Å². The number of benzene rings is 3. The molecule has 0 saturated heterocycles. The summed E-state index contributed by atoms with van der Waals surface area (Å²) in [5, 5.41) is 32.8. The maximum Gasteiger partial charge on any atom is 0.258 e. The summed E-state index contributed by atoms with van der Waals surface area (Å²) >= 11 is 0. The molecule has 2 atom stereocenters. The molecule has 0 fully saturated rings. The monoisotopic (exact) mass is 876 g/mol. The number of hydrogen-bond donors (Lipinski definition) is 6. The summed E-state index contributed by atoms with van der Waals surface area (Å²) < 4.78 is 2.42. The smallest absolute Gasteiger partial charge is 0.258 e. The van der Waals surface area contributed by atoms with Crippen LogP contribution in [0.1, 0.15) is 29.3 Å². The fourth-order valence-electron chi connectivity index (χ4n) is 6.47. The zero-order valence-corrected chi connectivity index (χ0v) is 33.6. The summed E-state index contributed by atoms with van der Waals surface area (Å²) in [5.74, 6) is -1.66. The average Bonchev–Trinajstić information content (AvgIpc) is 3.96. The van der Waals surface area contributed by atoms with Crippen molar-refractivity contribution in [3.63, 3.8) is 0 Å². The Bertz CT molecular complexity index is 3540. The molecule has 320 valence electrons. The molecule has 2 amide bonds. The van der Waals surface area contributed by atoms with Crippen molar-refractivity contribution in [3.05, 3.63) is 171 Å². The van der Waals surface area contributed by atoms with Gasteiger partial charge in [0.1, 0.15) is 23.3 Å². The van der Waals surface area contributed by atoms with E-state index in [-0.39, 0.29) is 74.1 Å². The Morgan fingerprint density at radius 2 is 1.30 bits per heavy atom. The summed E-state index contributed by atoms with van der Waals surface area (Å²) in [6.07, 6.45) is 8.44. The molecule has 66 heavy (non-hydrogen) atoms. The number of hydrazine groups is 1. The Kier molecular flexibility index (Phi) is 11.2. The highest BCUT2D eigenvalue weighted by Crippen LogP contribution is 2.28. The number of para-hydroxylation sites is 2. The third-order valence-electron chi connectivity index (χ3n) is 9.52. The average molecular weight is 877 g/mol. The van der Waals surface area contributed by atoms with Crippen molar-refractivity contribution in [3.8, 4) is 18.0 Å². The maximum atomic E-state index is 14.3. The fourth-order valence-corrected chi connectivity index (χ4v) is 6.47. The van der Waals surface area contributed by atoms with Gasteiger partial charge in [-0.2, -0.15) is 29.9 Å². The molecule has 24 nitrogen and oxygen atoms in total. The minimum atomic E-state index is -1.61. The highest BCUT2D eigenvalue weighted by molar-refractivity contribution is 5.98. The van der Waals surface area contributed by atoms with Crippen molar-refractivity contribution in [2.45, 2.75) is 12.1 Å². The highest BCUT2D eigenvalue weighted by Gasteiger charge is 2.28. The third-order valence-corrected chi connectivity index (χ3v) is 9.52. The Balaban J connectivity index is 1.02. The first kappa shape index (κ1) is 41.2. The molecule has 6 heterocycles. The number of aromatic nitrogens is 12. The zero-order valence-electron chi connectivity index (χ0n) is 33.6. The van der Waals surface area contributed by atoms with Crippen LogP contribution in [0.3, 0.4) is 0 Å². The molecule has 0 bridgehead atoms. The van der Waals surface area contributed by atoms with E-state index in [2.05, 4.69) is 86.6 Å². The maximum absolute atomic E-state index is 14.3. The van der Waals surface area contributed by atoms with E-state index >= 15 is 0 Å². The van der Waals surface area contributed by atoms with Gasteiger partial charge in [-0.05, 0) is 54.6 Å². The molecule has 3 aromatic carbocycles. The summed E-state index contributed by atoms with van der Waals surface area (Å²) in [4.78, 5) is 89.6. The van der Waals surface area contributed by atoms with Crippen molar-refractivity contribution in [1.82, 2.24) is 64.9 Å². The van der Waals surface area contributed by atoms with E-state index in [1.54, 1.807) is 72.8 Å². The molecule has 0 saturated carbocycles. The molecule has 0 radical (unpaired) electrons. The van der Waals surface area contributed by atoms with Gasteiger partial charge in [-0.3, -0.25) is 19.2 Å². The SMILES string of the molecule is [C-]#[N+]c1cnn(-c2ncccn2)c1NNC(C(=O)Nc1cccc(NC(=O)C(N=Nc2c(C#N)cnn2-c2ncccn2)c2nc3ccccc3c(=O)[nH]2)c1)c1nc2ccccc2c(=O)[nH]1. The van der Waals surface area contributed by atoms with Crippen LogP contribution in [0.25, 0.3) is 38.5 Å². The second-order valence-electron chi connectivity index (χ2n) is 13.7. The molecule has 9 aromatic rings. The zero-order chi connectivity index (χ0) is 45.6. The lowest BCUT2D eigenvalue weighted by Gasteiger charge is -2.20. The summed E-state index contributed by atoms with van der Waals surface area (Å²) in [6, 6.07) is 21.3. The number of carbonyl (C=O) groups is 2. The van der Waals surface area contributed by atoms with Gasteiger partial charge in [-0.15, -0.1) is 5.11 Å². The van der Waals surface area contributed by atoms with Gasteiger partial charge >= 0.3 is 0 Å². The molecule has 6 N–H and O–H groups in total. The number of nitriles is 1. The van der Waals surface area contributed by atoms with Gasteiger partial charge < -0.3 is 26.0 Å². The molecule has 0 spiro atoms. The van der Waals surface area contributed by atoms with Gasteiger partial charge in [0.25, 0.3) is 34.8 Å². The Hall–Kier alpha value is -10.2. The number of nitrogens with one attached hydrogen (secondary N) is 6. The number of H-pyrrole nitrogens is 2. The van der Waals surface area contributed by atoms with Crippen LogP contribution in [0.2, 0.25) is 0 Å². The van der Waals surface area contributed by atoms with E-state index in [0.29, 0.717) is 5.52 Å². The highest BCUT2D eigenvalue weighted by atomic mass is 16.2. The van der Waals surface area contributed by atoms with E-state index < -0.39 is 35.0 Å². The number of amides is 2. The van der Waals surface area contributed by atoms with Crippen LogP contribution < -0.4 is 32.6 Å². The van der Waals surface area contributed by atoms with Gasteiger partial charge in [0, 0.05) is 36.2 Å². The first-order chi connectivity index (χ1) is 32.3. The quantitative estimate of drug-likeness (QED) is 0.0535. The lowest BCUT2D eigenvalue weighted by Crippen LogP contribution is -2.39. The van der Waals surface area contributed by atoms with Gasteiger partial charge in [0.2, 0.25) is 11.7 Å². The largest absolute Gasteiger partial charge is 0.324 e. The van der Waals surface area contributed by atoms with Crippen molar-refractivity contribution in [2.75, 3.05) is 16.1 Å². The number of hydrogen-bond acceptors (Lipinski definition) is 17. The number of carbonyl (C=O) groups excluding carboxylic acids is 2. The summed E-state index contributed by atoms with van der Waals surface area (Å²) in [6.45, 7) is 7.70. The topological polar surface area (TPSA) is 314 Å². The minimum Gasteiger partial charge on any atom is -0.324 e. The predicted octanol–water partition coefficient (Wildman–Crippen LogP) is 4.29. The normalized spacial score (nSPS) is 12.0. The van der Waals surface area contributed by atoms with E-state index in [4.69, 9.17) is 6.57 Å². The van der Waals surface area contributed by atoms with Crippen LogP contribution in [0, 0.1) is 17.9 Å². The summed E-state index contributed by atoms with van der Waals surface area (Å²) in [5.41, 5.74) is 5.63. The number of fused-ring (bicyclic) bond motifs is 2. The molecular formula is C42H28N20O4. The molecule has 9 rings (SSSR count). The van der Waals surface area contributed by atoms with Crippen molar-refractivity contribution < 1.29 is 9.59 Å². The first-order valence-electron chi connectivity index (χ1n) is 19.4. The number of nitrogens with zero attached hydrogens (tertiary/aromatic N) is 14. The number of aromatic amines is 2. The molecule has 0 aliphatic carbocycles. The second kappa shape index (κ2) is 18.0. The third kappa shape index (κ3) is 8.38. The predicted molar refractivity (Wildman–Crippen MR) is 234 cm³/mol. The molecule has 2 unspecified atom stereocenters. The van der Waals surface area contributed by atoms with E-state index in [0.717, 1.165) is 4.68 Å². The van der Waals surface area contributed by atoms with Crippen LogP contribution in [-0.4, -0.2) is 71.2 Å². The van der Waals surface area contributed by atoms with E-state index in [9.17, 15) is 24.4 Å². The fraction of sp³-hybridized carbons (Fsp3) is 0.0476. The Morgan fingerprint density at radius 3 is 1.94 bits per heavy atom. The Morgan fingerprint density at radius 1 is 0.727 bits per heavy atom. The lowest BCUT2D eigenvalue weighted by molar-refractivity contribution is -0.118. The second-order valence-corrected chi connectivity index (χ2v) is 13.7. The van der Waals surface area contributed by atoms with Crippen molar-refractivity contribution in [2.24, 2.45) is 10.2 Å². The van der Waals surface area contributed by atoms with Crippen LogP contribution in [0.15, 0.2) is 142 Å². The van der Waals surface area contributed by atoms with Crippen LogP contribution in [0.4, 0.5) is 28.7 Å². The number of rotatable bonds is 13. The molecule has 0 aliphatic rings. The van der Waals surface area contributed by atoms with Gasteiger partial charge in [0.15, 0.2) is 17.7 Å². The molecule has 24 heteroatoms. The number of anilines is 3. The van der Waals surface area contributed by atoms with Crippen LogP contribution in [-0.2, 0) is 9.59 Å². The minimum absolute atomic E-state index is 0.0117. The molecular weight excluding hydrogens is 849 g/mol. The Labute approximate surface area is 369 Å². The van der Waals surface area contributed by atoms with Gasteiger partial charge in [-0.25, -0.2) is 40.2 Å². The van der Waals surface area contributed by atoms with E-state index in [1.807, 2.05) is 6.07 Å². The van der Waals surface area contributed by atoms with Gasteiger partial charge in [0.05, 0.1) is 40.8 Å². The molecule has 0 aliphatic heterocycles. The van der Waals surface area contributed by atoms with Crippen LogP contribution in [0.5, 0.6) is 0 Å². The lowest BCUT2D eigenvalue weighted by atomic mass is 10.2. The number of azo groups is 1. The molecule has 6 aromatic heterocycles. The van der Waals surface area contributed by atoms with Crippen molar-refractivity contribution in [1.29, 1.82) is 5.26 Å². The first-order valence-corrected chi connectivity index (χ1v) is 19.4. The standard InChI is InChI=1S/C42H28N20O4/c1-44-30-22-50-62(42-47-17-8-18-48-42)36(30)60-58-32(34-54-29-14-5-3-12-27(29)38(64)56-34)40(66)52-25-10-6-9-24(19-25)51-39(65)31(33-53-28-13-4-2-11-26(28)37(63)55-33)57-59-35-23(20-43)21-49-61(35)41-45-15-7-16-46-41/h2-19,21-22,31-32,58,60H,(H,51,65)(H,52,66)(H,53,55,63)(H,54,56,64).